The Balaban J connectivity index is 2.03. The summed E-state index contributed by atoms with van der Waals surface area (Å²) in [5, 5.41) is 0. The summed E-state index contributed by atoms with van der Waals surface area (Å²) in [6.45, 7) is 5.29. The molecule has 1 N–H and O–H groups in total. The van der Waals surface area contributed by atoms with Gasteiger partial charge in [-0.15, -0.1) is 0 Å². The van der Waals surface area contributed by atoms with Gasteiger partial charge in [0, 0.05) is 25.2 Å². The molecule has 6 nitrogen and oxygen atoms in total. The second-order valence-electron chi connectivity index (χ2n) is 5.96. The van der Waals surface area contributed by atoms with Gasteiger partial charge in [-0.2, -0.15) is 0 Å². The van der Waals surface area contributed by atoms with Gasteiger partial charge in [-0.3, -0.25) is 4.79 Å². The lowest BCUT2D eigenvalue weighted by atomic mass is 10.1. The van der Waals surface area contributed by atoms with E-state index in [-0.39, 0.29) is 17.3 Å². The van der Waals surface area contributed by atoms with E-state index in [9.17, 15) is 13.2 Å². The topological polar surface area (TPSA) is 75.7 Å². The first-order valence-electron chi connectivity index (χ1n) is 8.93. The van der Waals surface area contributed by atoms with Crippen molar-refractivity contribution in [2.45, 2.75) is 25.2 Å². The molecule has 0 aromatic heterocycles. The minimum absolute atomic E-state index is 0.104. The van der Waals surface area contributed by atoms with Gasteiger partial charge in [-0.25, -0.2) is 13.1 Å². The van der Waals surface area contributed by atoms with Crippen LogP contribution in [-0.4, -0.2) is 46.0 Å². The number of sulfonamides is 1. The molecule has 0 unspecified atom stereocenters. The van der Waals surface area contributed by atoms with E-state index >= 15 is 0 Å². The van der Waals surface area contributed by atoms with Gasteiger partial charge in [0.15, 0.2) is 0 Å². The molecule has 0 saturated heterocycles. The minimum Gasteiger partial charge on any atom is -0.496 e. The highest BCUT2D eigenvalue weighted by Gasteiger charge is 2.17. The standard InChI is InChI=1S/C20H26N2O4S/c1-4-22(5-2)20(23)17-10-12-18(13-11-17)27(24,25)21-15-14-16-8-6-7-9-19(16)26-3/h6-13,21H,4-5,14-15H2,1-3H3. The maximum absolute atomic E-state index is 12.5. The number of para-hydroxylation sites is 1. The molecule has 0 aliphatic rings. The summed E-state index contributed by atoms with van der Waals surface area (Å²) in [7, 11) is -2.05. The van der Waals surface area contributed by atoms with Gasteiger partial charge >= 0.3 is 0 Å². The number of nitrogens with zero attached hydrogens (tertiary/aromatic N) is 1. The number of benzene rings is 2. The summed E-state index contributed by atoms with van der Waals surface area (Å²) >= 11 is 0. The highest BCUT2D eigenvalue weighted by molar-refractivity contribution is 7.89. The smallest absolute Gasteiger partial charge is 0.253 e. The summed E-state index contributed by atoms with van der Waals surface area (Å²) in [6, 6.07) is 13.5. The fourth-order valence-electron chi connectivity index (χ4n) is 2.78. The molecule has 0 radical (unpaired) electrons. The Hall–Kier alpha value is -2.38. The Morgan fingerprint density at radius 3 is 2.26 bits per heavy atom. The number of carbonyl (C=O) groups excluding carboxylic acids is 1. The highest BCUT2D eigenvalue weighted by atomic mass is 32.2. The van der Waals surface area contributed by atoms with Crippen LogP contribution in [0.15, 0.2) is 53.4 Å². The Morgan fingerprint density at radius 2 is 1.67 bits per heavy atom. The van der Waals surface area contributed by atoms with Crippen molar-refractivity contribution < 1.29 is 17.9 Å². The number of hydrogen-bond acceptors (Lipinski definition) is 4. The Bertz CT molecular complexity index is 860. The van der Waals surface area contributed by atoms with E-state index in [1.165, 1.54) is 12.1 Å². The molecule has 146 valence electrons. The van der Waals surface area contributed by atoms with Crippen LogP contribution < -0.4 is 9.46 Å². The monoisotopic (exact) mass is 390 g/mol. The van der Waals surface area contributed by atoms with E-state index in [0.717, 1.165) is 11.3 Å². The van der Waals surface area contributed by atoms with Crippen molar-refractivity contribution in [3.63, 3.8) is 0 Å². The zero-order chi connectivity index (χ0) is 19.9. The van der Waals surface area contributed by atoms with Crippen LogP contribution in [0.25, 0.3) is 0 Å². The zero-order valence-electron chi connectivity index (χ0n) is 15.9. The third kappa shape index (κ3) is 5.30. The zero-order valence-corrected chi connectivity index (χ0v) is 16.8. The Kier molecular flexibility index (Phi) is 7.38. The van der Waals surface area contributed by atoms with Crippen molar-refractivity contribution >= 4 is 15.9 Å². The lowest BCUT2D eigenvalue weighted by Gasteiger charge is -2.18. The molecule has 0 aliphatic carbocycles. The van der Waals surface area contributed by atoms with Gasteiger partial charge < -0.3 is 9.64 Å². The third-order valence-electron chi connectivity index (χ3n) is 4.34. The fraction of sp³-hybridized carbons (Fsp3) is 0.350. The first kappa shape index (κ1) is 20.9. The van der Waals surface area contributed by atoms with Gasteiger partial charge in [0.1, 0.15) is 5.75 Å². The van der Waals surface area contributed by atoms with E-state index in [1.54, 1.807) is 24.1 Å². The quantitative estimate of drug-likeness (QED) is 0.714. The molecule has 27 heavy (non-hydrogen) atoms. The molecule has 0 heterocycles. The van der Waals surface area contributed by atoms with E-state index in [0.29, 0.717) is 25.1 Å². The van der Waals surface area contributed by atoms with E-state index in [4.69, 9.17) is 4.74 Å². The van der Waals surface area contributed by atoms with Crippen molar-refractivity contribution in [1.29, 1.82) is 0 Å². The largest absolute Gasteiger partial charge is 0.496 e. The number of rotatable bonds is 9. The molecule has 2 rings (SSSR count). The normalized spacial score (nSPS) is 11.2. The third-order valence-corrected chi connectivity index (χ3v) is 5.82. The molecular weight excluding hydrogens is 364 g/mol. The second kappa shape index (κ2) is 9.53. The van der Waals surface area contributed by atoms with Gasteiger partial charge in [0.05, 0.1) is 12.0 Å². The van der Waals surface area contributed by atoms with Crippen LogP contribution in [0.2, 0.25) is 0 Å². The molecule has 0 bridgehead atoms. The summed E-state index contributed by atoms with van der Waals surface area (Å²) < 4.78 is 32.8. The predicted octanol–water partition coefficient (Wildman–Crippen LogP) is 2.70. The number of methoxy groups -OCH3 is 1. The summed E-state index contributed by atoms with van der Waals surface area (Å²) in [6.07, 6.45) is 0.516. The Labute approximate surface area is 161 Å². The van der Waals surface area contributed by atoms with Crippen LogP contribution in [0, 0.1) is 0 Å². The molecule has 0 atom stereocenters. The molecule has 2 aromatic carbocycles. The number of nitrogens with one attached hydrogen (secondary N) is 1. The molecule has 1 amide bonds. The maximum Gasteiger partial charge on any atom is 0.253 e. The average Bonchev–Trinajstić information content (AvgIpc) is 2.69. The lowest BCUT2D eigenvalue weighted by Crippen LogP contribution is -2.30. The molecule has 0 saturated carbocycles. The number of hydrogen-bond donors (Lipinski definition) is 1. The molecule has 0 spiro atoms. The number of ether oxygens (including phenoxy) is 1. The molecular formula is C20H26N2O4S. The van der Waals surface area contributed by atoms with Crippen LogP contribution >= 0.6 is 0 Å². The fourth-order valence-corrected chi connectivity index (χ4v) is 3.81. The molecule has 0 fully saturated rings. The van der Waals surface area contributed by atoms with Crippen molar-refractivity contribution in [3.8, 4) is 5.75 Å². The predicted molar refractivity (Wildman–Crippen MR) is 106 cm³/mol. The van der Waals surface area contributed by atoms with Gasteiger partial charge in [0.2, 0.25) is 10.0 Å². The van der Waals surface area contributed by atoms with Crippen molar-refractivity contribution in [2.75, 3.05) is 26.7 Å². The molecule has 2 aromatic rings. The SMILES string of the molecule is CCN(CC)C(=O)c1ccc(S(=O)(=O)NCCc2ccccc2OC)cc1. The average molecular weight is 391 g/mol. The maximum atomic E-state index is 12.5. The van der Waals surface area contributed by atoms with E-state index in [2.05, 4.69) is 4.72 Å². The summed E-state index contributed by atoms with van der Waals surface area (Å²) in [4.78, 5) is 14.1. The van der Waals surface area contributed by atoms with E-state index < -0.39 is 10.0 Å². The van der Waals surface area contributed by atoms with Crippen molar-refractivity contribution in [1.82, 2.24) is 9.62 Å². The second-order valence-corrected chi connectivity index (χ2v) is 7.73. The molecule has 0 aliphatic heterocycles. The minimum atomic E-state index is -3.64. The first-order valence-corrected chi connectivity index (χ1v) is 10.4. The van der Waals surface area contributed by atoms with Gasteiger partial charge in [-0.05, 0) is 56.2 Å². The lowest BCUT2D eigenvalue weighted by molar-refractivity contribution is 0.0773. The Morgan fingerprint density at radius 1 is 1.04 bits per heavy atom. The molecule has 7 heteroatoms. The number of amides is 1. The van der Waals surface area contributed by atoms with Crippen LogP contribution in [0.3, 0.4) is 0 Å². The van der Waals surface area contributed by atoms with Gasteiger partial charge in [-0.1, -0.05) is 18.2 Å². The highest BCUT2D eigenvalue weighted by Crippen LogP contribution is 2.18. The van der Waals surface area contributed by atoms with Crippen LogP contribution in [0.1, 0.15) is 29.8 Å². The van der Waals surface area contributed by atoms with Crippen molar-refractivity contribution in [2.24, 2.45) is 0 Å². The van der Waals surface area contributed by atoms with Gasteiger partial charge in [0.25, 0.3) is 5.91 Å². The van der Waals surface area contributed by atoms with Crippen LogP contribution in [0.4, 0.5) is 0 Å². The summed E-state index contributed by atoms with van der Waals surface area (Å²) in [5.74, 6) is 0.629. The van der Waals surface area contributed by atoms with Crippen LogP contribution in [0.5, 0.6) is 5.75 Å². The van der Waals surface area contributed by atoms with Crippen molar-refractivity contribution in [3.05, 3.63) is 59.7 Å². The van der Waals surface area contributed by atoms with Crippen LogP contribution in [-0.2, 0) is 16.4 Å². The first-order chi connectivity index (χ1) is 12.9. The summed E-state index contributed by atoms with van der Waals surface area (Å²) in [5.41, 5.74) is 1.41. The van der Waals surface area contributed by atoms with E-state index in [1.807, 2.05) is 38.1 Å². The number of carbonyl (C=O) groups is 1.